The second kappa shape index (κ2) is 4.43. The first-order valence-electron chi connectivity index (χ1n) is 5.08. The minimum atomic E-state index is -1.47. The van der Waals surface area contributed by atoms with Crippen LogP contribution in [0.5, 0.6) is 0 Å². The Labute approximate surface area is 91.2 Å². The molecule has 0 amide bonds. The van der Waals surface area contributed by atoms with Crippen molar-refractivity contribution in [3.8, 4) is 0 Å². The average molecular weight is 231 g/mol. The molecular weight excluding hydrogens is 219 g/mol. The lowest BCUT2D eigenvalue weighted by atomic mass is 9.93. The van der Waals surface area contributed by atoms with E-state index in [1.165, 1.54) is 6.07 Å². The van der Waals surface area contributed by atoms with Crippen molar-refractivity contribution < 1.29 is 17.9 Å². The van der Waals surface area contributed by atoms with Crippen molar-refractivity contribution in [2.75, 3.05) is 13.2 Å². The number of benzene rings is 1. The Kier molecular flexibility index (Phi) is 3.16. The van der Waals surface area contributed by atoms with E-state index in [1.54, 1.807) is 0 Å². The predicted molar refractivity (Wildman–Crippen MR) is 52.2 cm³/mol. The summed E-state index contributed by atoms with van der Waals surface area (Å²) in [6, 6.07) is 1.43. The third-order valence-electron chi connectivity index (χ3n) is 2.90. The van der Waals surface area contributed by atoms with Gasteiger partial charge in [-0.3, -0.25) is 0 Å². The van der Waals surface area contributed by atoms with E-state index in [0.29, 0.717) is 19.6 Å². The quantitative estimate of drug-likeness (QED) is 0.791. The molecule has 1 fully saturated rings. The Morgan fingerprint density at radius 3 is 2.62 bits per heavy atom. The molecule has 1 aliphatic rings. The molecular formula is C11H12F3NO. The Bertz CT molecular complexity index is 391. The smallest absolute Gasteiger partial charge is 0.194 e. The maximum absolute atomic E-state index is 13.4. The first-order chi connectivity index (χ1) is 7.61. The molecule has 0 bridgehead atoms. The van der Waals surface area contributed by atoms with Crippen molar-refractivity contribution in [3.63, 3.8) is 0 Å². The molecule has 2 N–H and O–H groups in total. The van der Waals surface area contributed by atoms with Crippen molar-refractivity contribution in [3.05, 3.63) is 35.1 Å². The van der Waals surface area contributed by atoms with Gasteiger partial charge in [-0.2, -0.15) is 0 Å². The van der Waals surface area contributed by atoms with Crippen molar-refractivity contribution >= 4 is 0 Å². The van der Waals surface area contributed by atoms with Crippen molar-refractivity contribution in [1.82, 2.24) is 0 Å². The van der Waals surface area contributed by atoms with Gasteiger partial charge in [0.15, 0.2) is 17.5 Å². The van der Waals surface area contributed by atoms with Gasteiger partial charge in [-0.05, 0) is 12.5 Å². The maximum Gasteiger partial charge on any atom is 0.194 e. The van der Waals surface area contributed by atoms with E-state index in [-0.39, 0.29) is 11.5 Å². The standard InChI is InChI=1S/C11H12F3NO/c12-8-2-1-7(9(13)10(8)14)11(15)6-3-4-16-5-6/h1-2,6,11H,3-5,15H2. The lowest BCUT2D eigenvalue weighted by Crippen LogP contribution is -2.23. The zero-order chi connectivity index (χ0) is 11.7. The first-order valence-corrected chi connectivity index (χ1v) is 5.08. The van der Waals surface area contributed by atoms with Gasteiger partial charge in [-0.1, -0.05) is 6.07 Å². The number of ether oxygens (including phenoxy) is 1. The summed E-state index contributed by atoms with van der Waals surface area (Å²) in [6.45, 7) is 1.00. The predicted octanol–water partition coefficient (Wildman–Crippen LogP) is 2.14. The molecule has 0 aromatic heterocycles. The third-order valence-corrected chi connectivity index (χ3v) is 2.90. The minimum absolute atomic E-state index is 0.00870. The minimum Gasteiger partial charge on any atom is -0.381 e. The zero-order valence-corrected chi connectivity index (χ0v) is 8.55. The molecule has 0 saturated carbocycles. The number of hydrogen-bond donors (Lipinski definition) is 1. The van der Waals surface area contributed by atoms with Gasteiger partial charge >= 0.3 is 0 Å². The van der Waals surface area contributed by atoms with Crippen molar-refractivity contribution in [1.29, 1.82) is 0 Å². The van der Waals surface area contributed by atoms with Gasteiger partial charge in [0.25, 0.3) is 0 Å². The van der Waals surface area contributed by atoms with E-state index in [0.717, 1.165) is 6.07 Å². The van der Waals surface area contributed by atoms with Crippen LogP contribution >= 0.6 is 0 Å². The second-order valence-corrected chi connectivity index (χ2v) is 3.91. The molecule has 2 rings (SSSR count). The van der Waals surface area contributed by atoms with E-state index in [1.807, 2.05) is 0 Å². The molecule has 1 aromatic rings. The van der Waals surface area contributed by atoms with Crippen LogP contribution in [0.4, 0.5) is 13.2 Å². The number of rotatable bonds is 2. The van der Waals surface area contributed by atoms with Crippen LogP contribution in [-0.4, -0.2) is 13.2 Å². The van der Waals surface area contributed by atoms with Crippen LogP contribution in [0, 0.1) is 23.4 Å². The molecule has 1 saturated heterocycles. The van der Waals surface area contributed by atoms with E-state index in [4.69, 9.17) is 10.5 Å². The van der Waals surface area contributed by atoms with Gasteiger partial charge in [0.1, 0.15) is 0 Å². The van der Waals surface area contributed by atoms with Gasteiger partial charge < -0.3 is 10.5 Å². The molecule has 0 radical (unpaired) electrons. The number of hydrogen-bond acceptors (Lipinski definition) is 2. The molecule has 5 heteroatoms. The highest BCUT2D eigenvalue weighted by molar-refractivity contribution is 5.24. The average Bonchev–Trinajstić information content (AvgIpc) is 2.79. The molecule has 88 valence electrons. The molecule has 2 atom stereocenters. The van der Waals surface area contributed by atoms with E-state index < -0.39 is 23.5 Å². The molecule has 2 unspecified atom stereocenters. The normalized spacial score (nSPS) is 22.4. The maximum atomic E-state index is 13.4. The summed E-state index contributed by atoms with van der Waals surface area (Å²) in [5.74, 6) is -3.90. The van der Waals surface area contributed by atoms with Crippen LogP contribution in [0.1, 0.15) is 18.0 Å². The highest BCUT2D eigenvalue weighted by Crippen LogP contribution is 2.29. The molecule has 0 aliphatic carbocycles. The Balaban J connectivity index is 2.29. The topological polar surface area (TPSA) is 35.2 Å². The second-order valence-electron chi connectivity index (χ2n) is 3.91. The Hall–Kier alpha value is -1.07. The van der Waals surface area contributed by atoms with E-state index >= 15 is 0 Å². The molecule has 1 heterocycles. The fourth-order valence-electron chi connectivity index (χ4n) is 1.89. The van der Waals surface area contributed by atoms with Gasteiger partial charge in [0.05, 0.1) is 6.61 Å². The van der Waals surface area contributed by atoms with Crippen LogP contribution in [0.2, 0.25) is 0 Å². The lowest BCUT2D eigenvalue weighted by Gasteiger charge is -2.18. The zero-order valence-electron chi connectivity index (χ0n) is 8.55. The van der Waals surface area contributed by atoms with E-state index in [2.05, 4.69) is 0 Å². The van der Waals surface area contributed by atoms with Crippen molar-refractivity contribution in [2.24, 2.45) is 11.7 Å². The highest BCUT2D eigenvalue weighted by atomic mass is 19.2. The molecule has 2 nitrogen and oxygen atoms in total. The Morgan fingerprint density at radius 1 is 1.25 bits per heavy atom. The lowest BCUT2D eigenvalue weighted by molar-refractivity contribution is 0.180. The summed E-state index contributed by atoms with van der Waals surface area (Å²) in [5, 5.41) is 0. The van der Waals surface area contributed by atoms with Gasteiger partial charge in [0.2, 0.25) is 0 Å². The van der Waals surface area contributed by atoms with Crippen LogP contribution in [0.3, 0.4) is 0 Å². The highest BCUT2D eigenvalue weighted by Gasteiger charge is 2.27. The molecule has 1 aromatic carbocycles. The summed E-state index contributed by atoms with van der Waals surface area (Å²) in [6.07, 6.45) is 0.708. The fourth-order valence-corrected chi connectivity index (χ4v) is 1.89. The van der Waals surface area contributed by atoms with Crippen LogP contribution in [0.15, 0.2) is 12.1 Å². The largest absolute Gasteiger partial charge is 0.381 e. The molecule has 1 aliphatic heterocycles. The van der Waals surface area contributed by atoms with Gasteiger partial charge in [-0.15, -0.1) is 0 Å². The van der Waals surface area contributed by atoms with Crippen LogP contribution in [0.25, 0.3) is 0 Å². The van der Waals surface area contributed by atoms with Crippen LogP contribution in [-0.2, 0) is 4.74 Å². The van der Waals surface area contributed by atoms with E-state index in [9.17, 15) is 13.2 Å². The monoisotopic (exact) mass is 231 g/mol. The summed E-state index contributed by atoms with van der Waals surface area (Å²) < 4.78 is 44.3. The molecule has 0 spiro atoms. The summed E-state index contributed by atoms with van der Waals surface area (Å²) in [5.41, 5.74) is 5.82. The number of nitrogens with two attached hydrogens (primary N) is 1. The third kappa shape index (κ3) is 1.92. The molecule has 16 heavy (non-hydrogen) atoms. The first kappa shape index (κ1) is 11.4. The summed E-state index contributed by atoms with van der Waals surface area (Å²) in [7, 11) is 0. The summed E-state index contributed by atoms with van der Waals surface area (Å²) in [4.78, 5) is 0. The summed E-state index contributed by atoms with van der Waals surface area (Å²) >= 11 is 0. The van der Waals surface area contributed by atoms with Crippen LogP contribution < -0.4 is 5.73 Å². The Morgan fingerprint density at radius 2 is 2.00 bits per heavy atom. The van der Waals surface area contributed by atoms with Gasteiger partial charge in [-0.25, -0.2) is 13.2 Å². The van der Waals surface area contributed by atoms with Crippen molar-refractivity contribution in [2.45, 2.75) is 12.5 Å². The number of halogens is 3. The van der Waals surface area contributed by atoms with Gasteiger partial charge in [0, 0.05) is 24.1 Å². The fraction of sp³-hybridized carbons (Fsp3) is 0.455. The SMILES string of the molecule is NC(c1ccc(F)c(F)c1F)C1CCOC1.